The van der Waals surface area contributed by atoms with Crippen LogP contribution in [0.3, 0.4) is 0 Å². The van der Waals surface area contributed by atoms with E-state index in [9.17, 15) is 9.59 Å². The predicted octanol–water partition coefficient (Wildman–Crippen LogP) is 3.07. The zero-order valence-electron chi connectivity index (χ0n) is 16.2. The van der Waals surface area contributed by atoms with Crippen LogP contribution in [0.1, 0.15) is 5.69 Å². The predicted molar refractivity (Wildman–Crippen MR) is 105 cm³/mol. The lowest BCUT2D eigenvalue weighted by Gasteiger charge is -2.23. The number of allylic oxidation sites excluding steroid dienone is 2. The molecule has 29 heavy (non-hydrogen) atoms. The third kappa shape index (κ3) is 4.49. The first-order chi connectivity index (χ1) is 14.0. The summed E-state index contributed by atoms with van der Waals surface area (Å²) >= 11 is 0. The van der Waals surface area contributed by atoms with Crippen molar-refractivity contribution in [3.05, 3.63) is 78.1 Å². The molecule has 148 valence electrons. The van der Waals surface area contributed by atoms with Gasteiger partial charge in [0.25, 0.3) is 0 Å². The Labute approximate surface area is 167 Å². The SMILES string of the molecule is COC(=O)C1=C(C(=O)OC)N(c2cccc(Oc3cncc(C)n3)c2)C=CC=C1. The molecule has 0 amide bonds. The highest BCUT2D eigenvalue weighted by Crippen LogP contribution is 2.30. The molecule has 2 heterocycles. The quantitative estimate of drug-likeness (QED) is 0.716. The number of aromatic nitrogens is 2. The number of rotatable bonds is 5. The first-order valence-corrected chi connectivity index (χ1v) is 8.65. The molecular formula is C21H19N3O5. The Bertz CT molecular complexity index is 1030. The highest BCUT2D eigenvalue weighted by Gasteiger charge is 2.27. The van der Waals surface area contributed by atoms with E-state index in [-0.39, 0.29) is 11.3 Å². The fourth-order valence-electron chi connectivity index (χ4n) is 2.67. The average Bonchev–Trinajstić information content (AvgIpc) is 2.96. The molecule has 1 aromatic heterocycles. The molecular weight excluding hydrogens is 374 g/mol. The van der Waals surface area contributed by atoms with E-state index in [0.29, 0.717) is 17.3 Å². The lowest BCUT2D eigenvalue weighted by atomic mass is 10.1. The van der Waals surface area contributed by atoms with Crippen molar-refractivity contribution in [2.45, 2.75) is 6.92 Å². The second-order valence-electron chi connectivity index (χ2n) is 5.91. The molecule has 1 aliphatic heterocycles. The van der Waals surface area contributed by atoms with Crippen molar-refractivity contribution in [3.63, 3.8) is 0 Å². The first kappa shape index (κ1) is 19.8. The number of benzene rings is 1. The Balaban J connectivity index is 2.03. The fraction of sp³-hybridized carbons (Fsp3) is 0.143. The molecule has 1 aliphatic rings. The van der Waals surface area contributed by atoms with Crippen molar-refractivity contribution in [2.24, 2.45) is 0 Å². The van der Waals surface area contributed by atoms with E-state index >= 15 is 0 Å². The monoisotopic (exact) mass is 393 g/mol. The number of carbonyl (C=O) groups is 2. The number of nitrogens with zero attached hydrogens (tertiary/aromatic N) is 3. The molecule has 0 saturated carbocycles. The van der Waals surface area contributed by atoms with Gasteiger partial charge in [-0.2, -0.15) is 0 Å². The van der Waals surface area contributed by atoms with E-state index in [1.165, 1.54) is 31.4 Å². The molecule has 8 heteroatoms. The molecule has 3 rings (SSSR count). The van der Waals surface area contributed by atoms with E-state index < -0.39 is 11.9 Å². The van der Waals surface area contributed by atoms with Crippen molar-refractivity contribution in [2.75, 3.05) is 19.1 Å². The van der Waals surface area contributed by atoms with Crippen molar-refractivity contribution in [1.29, 1.82) is 0 Å². The zero-order valence-corrected chi connectivity index (χ0v) is 16.2. The standard InChI is InChI=1S/C21H19N3O5/c1-14-12-22-13-18(23-14)29-16-8-6-7-15(11-16)24-10-5-4-9-17(20(25)27-2)19(24)21(26)28-3/h4-13H,1-3H3. The molecule has 8 nitrogen and oxygen atoms in total. The molecule has 0 spiro atoms. The molecule has 0 radical (unpaired) electrons. The summed E-state index contributed by atoms with van der Waals surface area (Å²) in [5, 5.41) is 0. The minimum absolute atomic E-state index is 0.0249. The minimum atomic E-state index is -0.683. The summed E-state index contributed by atoms with van der Waals surface area (Å²) in [5.41, 5.74) is 1.39. The van der Waals surface area contributed by atoms with E-state index in [0.717, 1.165) is 5.69 Å². The molecule has 0 saturated heterocycles. The zero-order chi connectivity index (χ0) is 20.8. The summed E-state index contributed by atoms with van der Waals surface area (Å²) in [6, 6.07) is 6.97. The Kier molecular flexibility index (Phi) is 6.03. The van der Waals surface area contributed by atoms with Crippen LogP contribution < -0.4 is 9.64 Å². The highest BCUT2D eigenvalue weighted by atomic mass is 16.5. The Hall–Kier alpha value is -3.94. The van der Waals surface area contributed by atoms with Crippen LogP contribution in [0.2, 0.25) is 0 Å². The van der Waals surface area contributed by atoms with E-state index in [1.54, 1.807) is 48.8 Å². The van der Waals surface area contributed by atoms with Gasteiger partial charge in [0.05, 0.1) is 31.7 Å². The molecule has 0 fully saturated rings. The van der Waals surface area contributed by atoms with Crippen molar-refractivity contribution in [1.82, 2.24) is 9.97 Å². The van der Waals surface area contributed by atoms with Crippen molar-refractivity contribution < 1.29 is 23.8 Å². The van der Waals surface area contributed by atoms with Crippen LogP contribution in [0.25, 0.3) is 0 Å². The highest BCUT2D eigenvalue weighted by molar-refractivity contribution is 6.05. The fourth-order valence-corrected chi connectivity index (χ4v) is 2.67. The van der Waals surface area contributed by atoms with Gasteiger partial charge in [-0.15, -0.1) is 0 Å². The second kappa shape index (κ2) is 8.83. The maximum Gasteiger partial charge on any atom is 0.355 e. The number of anilines is 1. The lowest BCUT2D eigenvalue weighted by molar-refractivity contribution is -0.139. The Morgan fingerprint density at radius 2 is 1.83 bits per heavy atom. The van der Waals surface area contributed by atoms with Gasteiger partial charge in [0, 0.05) is 24.2 Å². The molecule has 0 aliphatic carbocycles. The van der Waals surface area contributed by atoms with Crippen LogP contribution in [0.5, 0.6) is 11.6 Å². The smallest absolute Gasteiger partial charge is 0.355 e. The normalized spacial score (nSPS) is 13.1. The minimum Gasteiger partial charge on any atom is -0.465 e. The molecule has 0 bridgehead atoms. The van der Waals surface area contributed by atoms with Gasteiger partial charge in [0.1, 0.15) is 11.4 Å². The van der Waals surface area contributed by atoms with Gasteiger partial charge in [0.15, 0.2) is 0 Å². The summed E-state index contributed by atoms with van der Waals surface area (Å²) in [7, 11) is 2.49. The van der Waals surface area contributed by atoms with Gasteiger partial charge in [-0.1, -0.05) is 12.1 Å². The summed E-state index contributed by atoms with van der Waals surface area (Å²) < 4.78 is 15.5. The number of aryl methyl sites for hydroxylation is 1. The van der Waals surface area contributed by atoms with E-state index in [4.69, 9.17) is 14.2 Å². The lowest BCUT2D eigenvalue weighted by Crippen LogP contribution is -2.26. The van der Waals surface area contributed by atoms with E-state index in [2.05, 4.69) is 9.97 Å². The summed E-state index contributed by atoms with van der Waals surface area (Å²) in [6.45, 7) is 1.81. The van der Waals surface area contributed by atoms with Crippen LogP contribution in [0, 0.1) is 6.92 Å². The van der Waals surface area contributed by atoms with E-state index in [1.807, 2.05) is 6.92 Å². The topological polar surface area (TPSA) is 90.9 Å². The third-order valence-corrected chi connectivity index (χ3v) is 3.94. The number of hydrogen-bond acceptors (Lipinski definition) is 8. The summed E-state index contributed by atoms with van der Waals surface area (Å²) in [4.78, 5) is 34.6. The van der Waals surface area contributed by atoms with Gasteiger partial charge in [-0.25, -0.2) is 14.6 Å². The van der Waals surface area contributed by atoms with Crippen molar-refractivity contribution >= 4 is 17.6 Å². The number of hydrogen-bond donors (Lipinski definition) is 0. The van der Waals surface area contributed by atoms with Gasteiger partial charge in [0.2, 0.25) is 5.88 Å². The van der Waals surface area contributed by atoms with Gasteiger partial charge in [-0.05, 0) is 31.2 Å². The van der Waals surface area contributed by atoms with Crippen LogP contribution in [0.15, 0.2) is 72.4 Å². The van der Waals surface area contributed by atoms with Crippen LogP contribution in [-0.4, -0.2) is 36.1 Å². The third-order valence-electron chi connectivity index (χ3n) is 3.94. The van der Waals surface area contributed by atoms with Gasteiger partial charge < -0.3 is 19.1 Å². The molecule has 2 aromatic rings. The molecule has 0 atom stereocenters. The number of carbonyl (C=O) groups excluding carboxylic acids is 2. The maximum atomic E-state index is 12.5. The van der Waals surface area contributed by atoms with Gasteiger partial charge in [-0.3, -0.25) is 4.98 Å². The number of esters is 2. The maximum absolute atomic E-state index is 12.5. The average molecular weight is 393 g/mol. The Morgan fingerprint density at radius 1 is 1.03 bits per heavy atom. The number of ether oxygens (including phenoxy) is 3. The van der Waals surface area contributed by atoms with Gasteiger partial charge >= 0.3 is 11.9 Å². The van der Waals surface area contributed by atoms with Crippen LogP contribution in [-0.2, 0) is 19.1 Å². The Morgan fingerprint density at radius 3 is 2.55 bits per heavy atom. The van der Waals surface area contributed by atoms with Crippen LogP contribution in [0.4, 0.5) is 5.69 Å². The summed E-state index contributed by atoms with van der Waals surface area (Å²) in [5.74, 6) is -0.513. The molecule has 0 unspecified atom stereocenters. The molecule has 0 N–H and O–H groups in total. The van der Waals surface area contributed by atoms with Crippen molar-refractivity contribution in [3.8, 4) is 11.6 Å². The van der Waals surface area contributed by atoms with Crippen LogP contribution >= 0.6 is 0 Å². The molecule has 1 aromatic carbocycles. The largest absolute Gasteiger partial charge is 0.465 e. The number of methoxy groups -OCH3 is 2. The second-order valence-corrected chi connectivity index (χ2v) is 5.91. The summed E-state index contributed by atoms with van der Waals surface area (Å²) in [6.07, 6.45) is 9.60. The first-order valence-electron chi connectivity index (χ1n) is 8.65.